The van der Waals surface area contributed by atoms with Gasteiger partial charge in [-0.2, -0.15) is 4.99 Å². The van der Waals surface area contributed by atoms with E-state index in [1.165, 1.54) is 22.7 Å². The summed E-state index contributed by atoms with van der Waals surface area (Å²) in [5.74, 6) is -0.299. The molecule has 7 heteroatoms. The van der Waals surface area contributed by atoms with E-state index in [4.69, 9.17) is 23.2 Å². The summed E-state index contributed by atoms with van der Waals surface area (Å²) < 4.78 is 3.49. The van der Waals surface area contributed by atoms with Gasteiger partial charge >= 0.3 is 0 Å². The molecule has 2 aromatic heterocycles. The lowest BCUT2D eigenvalue weighted by atomic mass is 10.3. The first-order valence-electron chi connectivity index (χ1n) is 6.32. The molecule has 112 valence electrons. The number of carbonyl (C=O) groups excluding carboxylic acids is 1. The number of hydrogen-bond donors (Lipinski definition) is 0. The maximum atomic E-state index is 12.3. The summed E-state index contributed by atoms with van der Waals surface area (Å²) in [7, 11) is 0. The van der Waals surface area contributed by atoms with E-state index in [-0.39, 0.29) is 5.91 Å². The molecule has 1 aromatic carbocycles. The van der Waals surface area contributed by atoms with Crippen LogP contribution in [0, 0.1) is 0 Å². The number of thiophene rings is 1. The van der Waals surface area contributed by atoms with Crippen molar-refractivity contribution in [3.8, 4) is 0 Å². The Bertz CT molecular complexity index is 937. The van der Waals surface area contributed by atoms with Crippen LogP contribution in [-0.4, -0.2) is 10.5 Å². The monoisotopic (exact) mass is 368 g/mol. The molecule has 0 fully saturated rings. The second-order valence-corrected chi connectivity index (χ2v) is 7.58. The Morgan fingerprint density at radius 3 is 2.77 bits per heavy atom. The zero-order valence-electron chi connectivity index (χ0n) is 11.3. The molecule has 2 heterocycles. The van der Waals surface area contributed by atoms with Crippen LogP contribution in [0.4, 0.5) is 0 Å². The van der Waals surface area contributed by atoms with Crippen LogP contribution < -0.4 is 4.80 Å². The van der Waals surface area contributed by atoms with Gasteiger partial charge in [0.1, 0.15) is 0 Å². The molecule has 3 aromatic rings. The summed E-state index contributed by atoms with van der Waals surface area (Å²) in [4.78, 5) is 17.6. The number of thiazole rings is 1. The van der Waals surface area contributed by atoms with Gasteiger partial charge in [0.2, 0.25) is 0 Å². The minimum absolute atomic E-state index is 0.299. The lowest BCUT2D eigenvalue weighted by Gasteiger charge is -2.00. The lowest BCUT2D eigenvalue weighted by molar-refractivity contribution is 0.100. The van der Waals surface area contributed by atoms with Crippen molar-refractivity contribution in [2.24, 2.45) is 4.99 Å². The highest BCUT2D eigenvalue weighted by Crippen LogP contribution is 2.23. The van der Waals surface area contributed by atoms with Crippen molar-refractivity contribution < 1.29 is 4.79 Å². The molecule has 0 unspecified atom stereocenters. The van der Waals surface area contributed by atoms with Gasteiger partial charge in [0.05, 0.1) is 19.4 Å². The highest BCUT2D eigenvalue weighted by Gasteiger charge is 2.10. The van der Waals surface area contributed by atoms with Gasteiger partial charge in [-0.15, -0.1) is 17.9 Å². The molecule has 3 nitrogen and oxygen atoms in total. The Hall–Kier alpha value is -1.40. The third kappa shape index (κ3) is 3.03. The lowest BCUT2D eigenvalue weighted by Crippen LogP contribution is -2.15. The number of rotatable bonds is 3. The van der Waals surface area contributed by atoms with Crippen molar-refractivity contribution in [2.75, 3.05) is 0 Å². The number of halogens is 2. The molecular formula is C15H10Cl2N2OS2. The first-order chi connectivity index (χ1) is 10.6. The number of fused-ring (bicyclic) bond motifs is 1. The summed E-state index contributed by atoms with van der Waals surface area (Å²) in [5, 5.41) is 0.655. The summed E-state index contributed by atoms with van der Waals surface area (Å²) in [5.41, 5.74) is 0.977. The quantitative estimate of drug-likeness (QED) is 0.599. The number of carbonyl (C=O) groups is 1. The molecule has 0 saturated carbocycles. The summed E-state index contributed by atoms with van der Waals surface area (Å²) >= 11 is 14.5. The van der Waals surface area contributed by atoms with E-state index < -0.39 is 0 Å². The minimum atomic E-state index is -0.299. The smallest absolute Gasteiger partial charge is 0.289 e. The maximum Gasteiger partial charge on any atom is 0.289 e. The average molecular weight is 369 g/mol. The molecule has 22 heavy (non-hydrogen) atoms. The number of hydrogen-bond acceptors (Lipinski definition) is 3. The van der Waals surface area contributed by atoms with Crippen LogP contribution in [-0.2, 0) is 6.54 Å². The van der Waals surface area contributed by atoms with Crippen LogP contribution >= 0.6 is 45.9 Å². The Kier molecular flexibility index (Phi) is 4.49. The first kappa shape index (κ1) is 15.5. The van der Waals surface area contributed by atoms with Crippen molar-refractivity contribution in [3.63, 3.8) is 0 Å². The third-order valence-corrected chi connectivity index (χ3v) is 5.43. The van der Waals surface area contributed by atoms with Crippen molar-refractivity contribution in [1.82, 2.24) is 4.57 Å². The summed E-state index contributed by atoms with van der Waals surface area (Å²) in [6, 6.07) is 8.98. The van der Waals surface area contributed by atoms with Gasteiger partial charge in [-0.25, -0.2) is 0 Å². The fourth-order valence-electron chi connectivity index (χ4n) is 2.01. The van der Waals surface area contributed by atoms with Gasteiger partial charge in [-0.3, -0.25) is 4.79 Å². The normalized spacial score (nSPS) is 12.0. The van der Waals surface area contributed by atoms with Gasteiger partial charge in [0.15, 0.2) is 4.80 Å². The second-order valence-electron chi connectivity index (χ2n) is 4.42. The van der Waals surface area contributed by atoms with Gasteiger partial charge in [0.25, 0.3) is 5.91 Å². The predicted octanol–water partition coefficient (Wildman–Crippen LogP) is 5.00. The first-order valence-corrected chi connectivity index (χ1v) is 8.71. The average Bonchev–Trinajstić information content (AvgIpc) is 3.04. The Morgan fingerprint density at radius 2 is 2.09 bits per heavy atom. The van der Waals surface area contributed by atoms with Gasteiger partial charge in [-0.05, 0) is 30.3 Å². The predicted molar refractivity (Wildman–Crippen MR) is 94.2 cm³/mol. The Balaban J connectivity index is 2.16. The molecule has 0 aliphatic carbocycles. The van der Waals surface area contributed by atoms with E-state index in [2.05, 4.69) is 11.6 Å². The SMILES string of the molecule is C=CCn1c(=NC(=O)c2ccc(Cl)s2)sc2cc(Cl)ccc21. The Morgan fingerprint density at radius 1 is 1.27 bits per heavy atom. The number of benzene rings is 1. The molecule has 0 aliphatic rings. The molecular weight excluding hydrogens is 359 g/mol. The van der Waals surface area contributed by atoms with Crippen LogP contribution in [0.1, 0.15) is 9.67 Å². The molecule has 0 N–H and O–H groups in total. The molecule has 0 atom stereocenters. The van der Waals surface area contributed by atoms with Crippen molar-refractivity contribution in [1.29, 1.82) is 0 Å². The number of nitrogens with zero attached hydrogens (tertiary/aromatic N) is 2. The number of aromatic nitrogens is 1. The second kappa shape index (κ2) is 6.38. The highest BCUT2D eigenvalue weighted by atomic mass is 35.5. The molecule has 0 aliphatic heterocycles. The van der Waals surface area contributed by atoms with Crippen LogP contribution in [0.5, 0.6) is 0 Å². The Labute approximate surface area is 144 Å². The van der Waals surface area contributed by atoms with Gasteiger partial charge in [-0.1, -0.05) is 40.6 Å². The molecule has 1 amide bonds. The minimum Gasteiger partial charge on any atom is -0.312 e. The molecule has 0 saturated heterocycles. The zero-order chi connectivity index (χ0) is 15.7. The molecule has 0 bridgehead atoms. The molecule has 0 radical (unpaired) electrons. The highest BCUT2D eigenvalue weighted by molar-refractivity contribution is 7.18. The number of amides is 1. The van der Waals surface area contributed by atoms with Crippen LogP contribution in [0.2, 0.25) is 9.36 Å². The van der Waals surface area contributed by atoms with Gasteiger partial charge in [0, 0.05) is 11.6 Å². The van der Waals surface area contributed by atoms with E-state index >= 15 is 0 Å². The largest absolute Gasteiger partial charge is 0.312 e. The van der Waals surface area contributed by atoms with E-state index in [0.29, 0.717) is 25.6 Å². The molecule has 0 spiro atoms. The topological polar surface area (TPSA) is 34.4 Å². The fourth-order valence-corrected chi connectivity index (χ4v) is 4.25. The fraction of sp³-hybridized carbons (Fsp3) is 0.0667. The van der Waals surface area contributed by atoms with E-state index in [0.717, 1.165) is 10.2 Å². The summed E-state index contributed by atoms with van der Waals surface area (Å²) in [6.45, 7) is 4.33. The maximum absolute atomic E-state index is 12.3. The standard InChI is InChI=1S/C15H10Cl2N2OS2/c1-2-7-19-10-4-3-9(16)8-12(10)22-15(19)18-14(20)11-5-6-13(17)21-11/h2-6,8H,1,7H2. The van der Waals surface area contributed by atoms with Gasteiger partial charge < -0.3 is 4.57 Å². The number of allylic oxidation sites excluding steroid dienone is 1. The van der Waals surface area contributed by atoms with E-state index in [9.17, 15) is 4.79 Å². The van der Waals surface area contributed by atoms with Crippen molar-refractivity contribution >= 4 is 62.0 Å². The molecule has 3 rings (SSSR count). The van der Waals surface area contributed by atoms with Crippen LogP contribution in [0.15, 0.2) is 48.0 Å². The summed E-state index contributed by atoms with van der Waals surface area (Å²) in [6.07, 6.45) is 1.77. The van der Waals surface area contributed by atoms with Crippen LogP contribution in [0.25, 0.3) is 10.2 Å². The third-order valence-electron chi connectivity index (χ3n) is 2.94. The van der Waals surface area contributed by atoms with Crippen LogP contribution in [0.3, 0.4) is 0 Å². The zero-order valence-corrected chi connectivity index (χ0v) is 14.4. The van der Waals surface area contributed by atoms with Crippen molar-refractivity contribution in [3.05, 3.63) is 62.0 Å². The van der Waals surface area contributed by atoms with Crippen molar-refractivity contribution in [2.45, 2.75) is 6.54 Å². The van der Waals surface area contributed by atoms with E-state index in [1.54, 1.807) is 18.2 Å². The van der Waals surface area contributed by atoms with E-state index in [1.807, 2.05) is 22.8 Å².